The van der Waals surface area contributed by atoms with E-state index in [9.17, 15) is 18.7 Å². The lowest BCUT2D eigenvalue weighted by Crippen LogP contribution is -2.42. The summed E-state index contributed by atoms with van der Waals surface area (Å²) in [6, 6.07) is 3.64. The van der Waals surface area contributed by atoms with Gasteiger partial charge in [0.05, 0.1) is 5.41 Å². The van der Waals surface area contributed by atoms with Crippen LogP contribution in [0.15, 0.2) is 18.2 Å². The molecule has 0 atom stereocenters. The van der Waals surface area contributed by atoms with Crippen LogP contribution in [0.4, 0.5) is 8.78 Å². The quantitative estimate of drug-likeness (QED) is 0.863. The lowest BCUT2D eigenvalue weighted by Gasteiger charge is -2.33. The fraction of sp³-hybridized carbons (Fsp3) is 0.417. The Labute approximate surface area is 97.0 Å². The fourth-order valence-corrected chi connectivity index (χ4v) is 2.19. The Morgan fingerprint density at radius 2 is 1.94 bits per heavy atom. The number of carbonyl (C=O) groups is 1. The maximum atomic E-state index is 13.7. The molecule has 1 saturated heterocycles. The molecule has 1 N–H and O–H groups in total. The van der Waals surface area contributed by atoms with E-state index in [4.69, 9.17) is 4.74 Å². The van der Waals surface area contributed by atoms with Gasteiger partial charge >= 0.3 is 5.97 Å². The van der Waals surface area contributed by atoms with Crippen LogP contribution in [0.25, 0.3) is 0 Å². The molecule has 17 heavy (non-hydrogen) atoms. The second kappa shape index (κ2) is 4.41. The van der Waals surface area contributed by atoms with E-state index in [1.165, 1.54) is 12.1 Å². The number of halogens is 2. The van der Waals surface area contributed by atoms with Crippen LogP contribution in [0.3, 0.4) is 0 Å². The normalized spacial score (nSPS) is 18.9. The van der Waals surface area contributed by atoms with Crippen LogP contribution < -0.4 is 0 Å². The highest BCUT2D eigenvalue weighted by Crippen LogP contribution is 2.37. The zero-order chi connectivity index (χ0) is 12.5. The van der Waals surface area contributed by atoms with Crippen LogP contribution in [0, 0.1) is 11.6 Å². The third-order valence-electron chi connectivity index (χ3n) is 3.22. The van der Waals surface area contributed by atoms with E-state index in [-0.39, 0.29) is 31.6 Å². The van der Waals surface area contributed by atoms with E-state index in [0.717, 1.165) is 6.07 Å². The number of carboxylic acid groups (broad SMARTS) is 1. The fourth-order valence-electron chi connectivity index (χ4n) is 2.19. The molecule has 3 nitrogen and oxygen atoms in total. The summed E-state index contributed by atoms with van der Waals surface area (Å²) >= 11 is 0. The molecule has 0 bridgehead atoms. The zero-order valence-corrected chi connectivity index (χ0v) is 9.08. The molecule has 0 unspecified atom stereocenters. The molecule has 2 rings (SSSR count). The summed E-state index contributed by atoms with van der Waals surface area (Å²) < 4.78 is 32.0. The van der Waals surface area contributed by atoms with Gasteiger partial charge in [-0.2, -0.15) is 0 Å². The second-order valence-corrected chi connectivity index (χ2v) is 4.10. The zero-order valence-electron chi connectivity index (χ0n) is 9.08. The average Bonchev–Trinajstić information content (AvgIpc) is 2.33. The van der Waals surface area contributed by atoms with Gasteiger partial charge in [0.15, 0.2) is 11.6 Å². The highest BCUT2D eigenvalue weighted by molar-refractivity contribution is 5.81. The second-order valence-electron chi connectivity index (χ2n) is 4.10. The minimum Gasteiger partial charge on any atom is -0.481 e. The molecule has 0 saturated carbocycles. The van der Waals surface area contributed by atoms with Crippen molar-refractivity contribution in [1.29, 1.82) is 0 Å². The van der Waals surface area contributed by atoms with Gasteiger partial charge in [-0.15, -0.1) is 0 Å². The minimum absolute atomic E-state index is 0.0895. The predicted octanol–water partition coefficient (Wildman–Crippen LogP) is 2.10. The van der Waals surface area contributed by atoms with Crippen molar-refractivity contribution >= 4 is 5.97 Å². The van der Waals surface area contributed by atoms with Crippen LogP contribution in [0.2, 0.25) is 0 Å². The summed E-state index contributed by atoms with van der Waals surface area (Å²) in [6.45, 7) is 0.477. The van der Waals surface area contributed by atoms with E-state index in [0.29, 0.717) is 0 Å². The van der Waals surface area contributed by atoms with Crippen molar-refractivity contribution in [3.8, 4) is 0 Å². The third kappa shape index (κ3) is 1.91. The highest BCUT2D eigenvalue weighted by Gasteiger charge is 2.44. The van der Waals surface area contributed by atoms with E-state index in [2.05, 4.69) is 0 Å². The number of benzene rings is 1. The highest BCUT2D eigenvalue weighted by atomic mass is 19.2. The van der Waals surface area contributed by atoms with Crippen molar-refractivity contribution in [2.45, 2.75) is 18.3 Å². The Morgan fingerprint density at radius 3 is 2.53 bits per heavy atom. The third-order valence-corrected chi connectivity index (χ3v) is 3.22. The maximum Gasteiger partial charge on any atom is 0.314 e. The summed E-state index contributed by atoms with van der Waals surface area (Å²) in [7, 11) is 0. The van der Waals surface area contributed by atoms with E-state index in [1.54, 1.807) is 0 Å². The maximum absolute atomic E-state index is 13.7. The van der Waals surface area contributed by atoms with E-state index < -0.39 is 23.0 Å². The summed E-state index contributed by atoms with van der Waals surface area (Å²) in [5.41, 5.74) is -1.46. The Balaban J connectivity index is 2.53. The molecule has 1 aromatic rings. The molecule has 0 amide bonds. The molecular weight excluding hydrogens is 230 g/mol. The molecule has 0 spiro atoms. The number of carboxylic acids is 1. The van der Waals surface area contributed by atoms with Crippen LogP contribution in [0.5, 0.6) is 0 Å². The molecule has 5 heteroatoms. The average molecular weight is 242 g/mol. The summed E-state index contributed by atoms with van der Waals surface area (Å²) in [5.74, 6) is -3.23. The molecule has 92 valence electrons. The largest absolute Gasteiger partial charge is 0.481 e. The summed E-state index contributed by atoms with van der Waals surface area (Å²) in [6.07, 6.45) is 0.311. The molecule has 0 radical (unpaired) electrons. The first kappa shape index (κ1) is 12.0. The number of hydrogen-bond acceptors (Lipinski definition) is 2. The standard InChI is InChI=1S/C12H12F2O3/c13-9-3-1-2-8(10(9)14)12(11(15)16)4-6-17-7-5-12/h1-3H,4-7H2,(H,15,16). The Morgan fingerprint density at radius 1 is 1.29 bits per heavy atom. The topological polar surface area (TPSA) is 46.5 Å². The number of hydrogen-bond donors (Lipinski definition) is 1. The molecule has 1 aliphatic rings. The van der Waals surface area contributed by atoms with Gasteiger partial charge in [-0.3, -0.25) is 4.79 Å². The predicted molar refractivity (Wildman–Crippen MR) is 55.7 cm³/mol. The molecule has 1 fully saturated rings. The van der Waals surface area contributed by atoms with E-state index in [1.807, 2.05) is 0 Å². The minimum atomic E-state index is -1.37. The monoisotopic (exact) mass is 242 g/mol. The summed E-state index contributed by atoms with van der Waals surface area (Å²) in [5, 5.41) is 9.31. The van der Waals surface area contributed by atoms with Gasteiger partial charge in [0.1, 0.15) is 0 Å². The van der Waals surface area contributed by atoms with Crippen LogP contribution >= 0.6 is 0 Å². The van der Waals surface area contributed by atoms with Gasteiger partial charge in [0, 0.05) is 18.8 Å². The first-order valence-electron chi connectivity index (χ1n) is 5.33. The van der Waals surface area contributed by atoms with Crippen LogP contribution in [0.1, 0.15) is 18.4 Å². The van der Waals surface area contributed by atoms with Crippen molar-refractivity contribution in [2.75, 3.05) is 13.2 Å². The Kier molecular flexibility index (Phi) is 3.11. The van der Waals surface area contributed by atoms with Crippen LogP contribution in [-0.4, -0.2) is 24.3 Å². The van der Waals surface area contributed by atoms with Gasteiger partial charge in [-0.05, 0) is 18.9 Å². The van der Waals surface area contributed by atoms with Gasteiger partial charge in [-0.25, -0.2) is 8.78 Å². The van der Waals surface area contributed by atoms with Crippen LogP contribution in [-0.2, 0) is 14.9 Å². The smallest absolute Gasteiger partial charge is 0.314 e. The molecular formula is C12H12F2O3. The SMILES string of the molecule is O=C(O)C1(c2cccc(F)c2F)CCOCC1. The number of rotatable bonds is 2. The molecule has 0 aromatic heterocycles. The van der Waals surface area contributed by atoms with Gasteiger partial charge < -0.3 is 9.84 Å². The first-order valence-corrected chi connectivity index (χ1v) is 5.33. The lowest BCUT2D eigenvalue weighted by molar-refractivity contribution is -0.148. The molecule has 1 aromatic carbocycles. The van der Waals surface area contributed by atoms with Crippen molar-refractivity contribution in [2.24, 2.45) is 0 Å². The molecule has 1 heterocycles. The van der Waals surface area contributed by atoms with Crippen molar-refractivity contribution in [1.82, 2.24) is 0 Å². The lowest BCUT2D eigenvalue weighted by atomic mass is 9.74. The van der Waals surface area contributed by atoms with Gasteiger partial charge in [0.2, 0.25) is 0 Å². The molecule has 0 aliphatic carbocycles. The molecule has 1 aliphatic heterocycles. The van der Waals surface area contributed by atoms with Crippen molar-refractivity contribution < 1.29 is 23.4 Å². The van der Waals surface area contributed by atoms with Gasteiger partial charge in [0.25, 0.3) is 0 Å². The van der Waals surface area contributed by atoms with Crippen molar-refractivity contribution in [3.63, 3.8) is 0 Å². The summed E-state index contributed by atoms with van der Waals surface area (Å²) in [4.78, 5) is 11.4. The number of aliphatic carboxylic acids is 1. The number of ether oxygens (including phenoxy) is 1. The van der Waals surface area contributed by atoms with Crippen molar-refractivity contribution in [3.05, 3.63) is 35.4 Å². The van der Waals surface area contributed by atoms with E-state index >= 15 is 0 Å². The van der Waals surface area contributed by atoms with Gasteiger partial charge in [-0.1, -0.05) is 12.1 Å². The Bertz CT molecular complexity index is 439. The Hall–Kier alpha value is -1.49. The first-order chi connectivity index (χ1) is 8.08.